The highest BCUT2D eigenvalue weighted by Crippen LogP contribution is 2.23. The second-order valence-corrected chi connectivity index (χ2v) is 4.33. The number of rotatable bonds is 6. The minimum absolute atomic E-state index is 0.375. The average molecular weight is 260 g/mol. The predicted octanol–water partition coefficient (Wildman–Crippen LogP) is 2.77. The number of hydrogen-bond donors (Lipinski definition) is 1. The van der Waals surface area contributed by atoms with Crippen molar-refractivity contribution in [1.29, 1.82) is 0 Å². The minimum Gasteiger partial charge on any atom is -0.496 e. The second-order valence-electron chi connectivity index (χ2n) is 4.33. The molecule has 2 aromatic rings. The summed E-state index contributed by atoms with van der Waals surface area (Å²) in [6, 6.07) is 11.0. The predicted molar refractivity (Wildman–Crippen MR) is 70.2 cm³/mol. The number of benzene rings is 1. The van der Waals surface area contributed by atoms with Crippen LogP contribution in [0.15, 0.2) is 47.1 Å². The van der Waals surface area contributed by atoms with E-state index in [0.717, 1.165) is 5.56 Å². The Morgan fingerprint density at radius 2 is 2.05 bits per heavy atom. The van der Waals surface area contributed by atoms with Gasteiger partial charge >= 0.3 is 5.97 Å². The molecule has 0 radical (unpaired) electrons. The van der Waals surface area contributed by atoms with Gasteiger partial charge in [0.25, 0.3) is 0 Å². The zero-order chi connectivity index (χ0) is 13.7. The van der Waals surface area contributed by atoms with Crippen LogP contribution in [0.5, 0.6) is 5.75 Å². The SMILES string of the molecule is COc1ccccc1CC(Cc1ccco1)C(=O)O. The fourth-order valence-electron chi connectivity index (χ4n) is 2.06. The van der Waals surface area contributed by atoms with Crippen molar-refractivity contribution in [3.8, 4) is 5.75 Å². The van der Waals surface area contributed by atoms with Crippen molar-refractivity contribution in [1.82, 2.24) is 0 Å². The zero-order valence-electron chi connectivity index (χ0n) is 10.7. The van der Waals surface area contributed by atoms with Gasteiger partial charge in [0.15, 0.2) is 0 Å². The molecule has 0 spiro atoms. The number of carbonyl (C=O) groups is 1. The molecule has 0 aliphatic rings. The number of furan rings is 1. The van der Waals surface area contributed by atoms with E-state index in [1.165, 1.54) is 0 Å². The molecule has 0 aliphatic heterocycles. The molecule has 0 bridgehead atoms. The highest BCUT2D eigenvalue weighted by molar-refractivity contribution is 5.71. The van der Waals surface area contributed by atoms with Gasteiger partial charge in [0, 0.05) is 6.42 Å². The van der Waals surface area contributed by atoms with Gasteiger partial charge < -0.3 is 14.3 Å². The molecule has 19 heavy (non-hydrogen) atoms. The molecule has 4 nitrogen and oxygen atoms in total. The van der Waals surface area contributed by atoms with Gasteiger partial charge in [-0.3, -0.25) is 4.79 Å². The third-order valence-corrected chi connectivity index (χ3v) is 3.04. The summed E-state index contributed by atoms with van der Waals surface area (Å²) in [4.78, 5) is 11.3. The van der Waals surface area contributed by atoms with Crippen molar-refractivity contribution in [2.75, 3.05) is 7.11 Å². The largest absolute Gasteiger partial charge is 0.496 e. The van der Waals surface area contributed by atoms with E-state index in [4.69, 9.17) is 9.15 Å². The Labute approximate surface area is 111 Å². The fourth-order valence-corrected chi connectivity index (χ4v) is 2.06. The molecule has 0 fully saturated rings. The first kappa shape index (κ1) is 13.2. The maximum atomic E-state index is 11.3. The van der Waals surface area contributed by atoms with Gasteiger partial charge in [-0.25, -0.2) is 0 Å². The van der Waals surface area contributed by atoms with Crippen LogP contribution >= 0.6 is 0 Å². The number of aliphatic carboxylic acids is 1. The molecule has 1 aromatic heterocycles. The number of methoxy groups -OCH3 is 1. The van der Waals surface area contributed by atoms with Crippen molar-refractivity contribution in [2.24, 2.45) is 5.92 Å². The van der Waals surface area contributed by atoms with Crippen molar-refractivity contribution < 1.29 is 19.1 Å². The lowest BCUT2D eigenvalue weighted by molar-refractivity contribution is -0.141. The molecule has 1 aromatic carbocycles. The van der Waals surface area contributed by atoms with E-state index < -0.39 is 11.9 Å². The van der Waals surface area contributed by atoms with Crippen molar-refractivity contribution >= 4 is 5.97 Å². The van der Waals surface area contributed by atoms with Crippen LogP contribution in [0.2, 0.25) is 0 Å². The first-order valence-electron chi connectivity index (χ1n) is 6.07. The third kappa shape index (κ3) is 3.37. The first-order valence-corrected chi connectivity index (χ1v) is 6.07. The maximum absolute atomic E-state index is 11.3. The molecular formula is C15H16O4. The van der Waals surface area contributed by atoms with Crippen LogP contribution in [-0.2, 0) is 17.6 Å². The van der Waals surface area contributed by atoms with E-state index in [1.807, 2.05) is 24.3 Å². The highest BCUT2D eigenvalue weighted by atomic mass is 16.5. The van der Waals surface area contributed by atoms with Gasteiger partial charge in [0.1, 0.15) is 11.5 Å². The van der Waals surface area contributed by atoms with Gasteiger partial charge in [-0.2, -0.15) is 0 Å². The highest BCUT2D eigenvalue weighted by Gasteiger charge is 2.21. The summed E-state index contributed by atoms with van der Waals surface area (Å²) in [5, 5.41) is 9.31. The lowest BCUT2D eigenvalue weighted by Gasteiger charge is -2.13. The smallest absolute Gasteiger partial charge is 0.307 e. The van der Waals surface area contributed by atoms with E-state index in [2.05, 4.69) is 0 Å². The van der Waals surface area contributed by atoms with Crippen LogP contribution in [0.3, 0.4) is 0 Å². The quantitative estimate of drug-likeness (QED) is 0.867. The van der Waals surface area contributed by atoms with Crippen LogP contribution in [0.1, 0.15) is 11.3 Å². The molecule has 1 N–H and O–H groups in total. The monoisotopic (exact) mass is 260 g/mol. The summed E-state index contributed by atoms with van der Waals surface area (Å²) in [6.45, 7) is 0. The van der Waals surface area contributed by atoms with E-state index in [9.17, 15) is 9.90 Å². The second kappa shape index (κ2) is 6.09. The standard InChI is InChI=1S/C15H16O4/c1-18-14-7-3-2-5-11(14)9-12(15(16)17)10-13-6-4-8-19-13/h2-8,12H,9-10H2,1H3,(H,16,17). The van der Waals surface area contributed by atoms with E-state index in [-0.39, 0.29) is 0 Å². The van der Waals surface area contributed by atoms with Gasteiger partial charge in [0.05, 0.1) is 19.3 Å². The van der Waals surface area contributed by atoms with Gasteiger partial charge in [-0.15, -0.1) is 0 Å². The molecular weight excluding hydrogens is 244 g/mol. The lowest BCUT2D eigenvalue weighted by atomic mass is 9.94. The number of carboxylic acid groups (broad SMARTS) is 1. The summed E-state index contributed by atoms with van der Waals surface area (Å²) in [5.41, 5.74) is 0.893. The Morgan fingerprint density at radius 3 is 2.68 bits per heavy atom. The zero-order valence-corrected chi connectivity index (χ0v) is 10.7. The molecule has 100 valence electrons. The Bertz CT molecular complexity index is 531. The van der Waals surface area contributed by atoms with Crippen molar-refractivity contribution in [3.63, 3.8) is 0 Å². The number of ether oxygens (including phenoxy) is 1. The molecule has 1 unspecified atom stereocenters. The van der Waals surface area contributed by atoms with Crippen LogP contribution in [0, 0.1) is 5.92 Å². The molecule has 0 aliphatic carbocycles. The lowest BCUT2D eigenvalue weighted by Crippen LogP contribution is -2.19. The summed E-state index contributed by atoms with van der Waals surface area (Å²) in [7, 11) is 1.58. The van der Waals surface area contributed by atoms with E-state index >= 15 is 0 Å². The normalized spacial score (nSPS) is 12.1. The summed E-state index contributed by atoms with van der Waals surface area (Å²) >= 11 is 0. The number of hydrogen-bond acceptors (Lipinski definition) is 3. The average Bonchev–Trinajstić information content (AvgIpc) is 2.91. The maximum Gasteiger partial charge on any atom is 0.307 e. The van der Waals surface area contributed by atoms with Crippen LogP contribution in [0.4, 0.5) is 0 Å². The summed E-state index contributed by atoms with van der Waals surface area (Å²) in [5.74, 6) is 0.0419. The molecule has 0 saturated heterocycles. The Morgan fingerprint density at radius 1 is 1.26 bits per heavy atom. The Kier molecular flexibility index (Phi) is 4.23. The van der Waals surface area contributed by atoms with Crippen molar-refractivity contribution in [3.05, 3.63) is 54.0 Å². The van der Waals surface area contributed by atoms with Crippen LogP contribution in [-0.4, -0.2) is 18.2 Å². The van der Waals surface area contributed by atoms with Gasteiger partial charge in [-0.1, -0.05) is 18.2 Å². The van der Waals surface area contributed by atoms with Gasteiger partial charge in [0.2, 0.25) is 0 Å². The molecule has 0 saturated carbocycles. The third-order valence-electron chi connectivity index (χ3n) is 3.04. The van der Waals surface area contributed by atoms with Gasteiger partial charge in [-0.05, 0) is 30.2 Å². The van der Waals surface area contributed by atoms with Crippen LogP contribution in [0.25, 0.3) is 0 Å². The fraction of sp³-hybridized carbons (Fsp3) is 0.267. The molecule has 1 heterocycles. The Hall–Kier alpha value is -2.23. The van der Waals surface area contributed by atoms with Crippen molar-refractivity contribution in [2.45, 2.75) is 12.8 Å². The van der Waals surface area contributed by atoms with Crippen LogP contribution < -0.4 is 4.74 Å². The Balaban J connectivity index is 2.14. The molecule has 0 amide bonds. The molecule has 1 atom stereocenters. The minimum atomic E-state index is -0.831. The number of para-hydroxylation sites is 1. The summed E-state index contributed by atoms with van der Waals surface area (Å²) < 4.78 is 10.5. The topological polar surface area (TPSA) is 59.7 Å². The molecule has 2 rings (SSSR count). The molecule has 4 heteroatoms. The number of carboxylic acids is 1. The van der Waals surface area contributed by atoms with E-state index in [1.54, 1.807) is 25.5 Å². The first-order chi connectivity index (χ1) is 9.20. The van der Waals surface area contributed by atoms with E-state index in [0.29, 0.717) is 24.4 Å². The summed E-state index contributed by atoms with van der Waals surface area (Å²) in [6.07, 6.45) is 2.35.